The quantitative estimate of drug-likeness (QED) is 0.399. The van der Waals surface area contributed by atoms with E-state index in [2.05, 4.69) is 21.3 Å². The molecule has 5 nitrogen and oxygen atoms in total. The molecule has 0 radical (unpaired) electrons. The first kappa shape index (κ1) is 10.4. The van der Waals surface area contributed by atoms with E-state index in [4.69, 9.17) is 17.0 Å². The van der Waals surface area contributed by atoms with Gasteiger partial charge < -0.3 is 4.74 Å². The summed E-state index contributed by atoms with van der Waals surface area (Å²) in [5.74, 6) is 8.34. The molecule has 0 fully saturated rings. The van der Waals surface area contributed by atoms with Gasteiger partial charge in [-0.2, -0.15) is 0 Å². The Bertz CT molecular complexity index is 334. The van der Waals surface area contributed by atoms with E-state index in [9.17, 15) is 0 Å². The molecule has 1 aromatic rings. The van der Waals surface area contributed by atoms with Gasteiger partial charge in [-0.25, -0.2) is 9.97 Å². The largest absolute Gasteiger partial charge is 0.481 e. The van der Waals surface area contributed by atoms with Crippen molar-refractivity contribution in [2.45, 2.75) is 12.5 Å². The number of nitrogens with two attached hydrogens (primary N) is 1. The van der Waals surface area contributed by atoms with Crippen molar-refractivity contribution in [3.05, 3.63) is 18.1 Å². The van der Waals surface area contributed by atoms with Crippen LogP contribution < -0.4 is 16.0 Å². The number of nitrogens with one attached hydrogen (secondary N) is 1. The van der Waals surface area contributed by atoms with E-state index in [1.54, 1.807) is 6.07 Å². The normalized spacial score (nSPS) is 11.8. The number of ether oxygens (including phenoxy) is 1. The summed E-state index contributed by atoms with van der Waals surface area (Å²) >= 11 is 0. The predicted octanol–water partition coefficient (Wildman–Crippen LogP) is 0.0129. The van der Waals surface area contributed by atoms with Crippen LogP contribution in [0.15, 0.2) is 12.4 Å². The summed E-state index contributed by atoms with van der Waals surface area (Å²) in [6.07, 6.45) is 7.07. The molecule has 0 spiro atoms. The van der Waals surface area contributed by atoms with Crippen molar-refractivity contribution in [1.29, 1.82) is 0 Å². The van der Waals surface area contributed by atoms with E-state index in [-0.39, 0.29) is 6.04 Å². The topological polar surface area (TPSA) is 73.1 Å². The average Bonchev–Trinajstić information content (AvgIpc) is 2.26. The zero-order chi connectivity index (χ0) is 10.4. The molecule has 3 N–H and O–H groups in total. The first-order valence-electron chi connectivity index (χ1n) is 4.07. The van der Waals surface area contributed by atoms with Gasteiger partial charge in [0.2, 0.25) is 5.88 Å². The van der Waals surface area contributed by atoms with Crippen LogP contribution in [-0.2, 0) is 0 Å². The minimum absolute atomic E-state index is 0.170. The third kappa shape index (κ3) is 2.42. The van der Waals surface area contributed by atoms with E-state index in [0.717, 1.165) is 5.69 Å². The van der Waals surface area contributed by atoms with Crippen LogP contribution in [0.2, 0.25) is 0 Å². The Morgan fingerprint density at radius 1 is 1.71 bits per heavy atom. The Balaban J connectivity index is 2.87. The van der Waals surface area contributed by atoms with Crippen molar-refractivity contribution in [2.24, 2.45) is 5.84 Å². The average molecular weight is 192 g/mol. The second kappa shape index (κ2) is 5.17. The second-order valence-corrected chi connectivity index (χ2v) is 2.61. The maximum atomic E-state index is 5.34. The summed E-state index contributed by atoms with van der Waals surface area (Å²) in [5.41, 5.74) is 3.30. The summed E-state index contributed by atoms with van der Waals surface area (Å²) in [6.45, 7) is 0. The van der Waals surface area contributed by atoms with Crippen molar-refractivity contribution in [3.8, 4) is 18.2 Å². The highest BCUT2D eigenvalue weighted by Crippen LogP contribution is 2.15. The number of aromatic nitrogens is 2. The first-order valence-corrected chi connectivity index (χ1v) is 4.07. The van der Waals surface area contributed by atoms with E-state index < -0.39 is 0 Å². The van der Waals surface area contributed by atoms with E-state index >= 15 is 0 Å². The van der Waals surface area contributed by atoms with Crippen LogP contribution in [0.5, 0.6) is 5.88 Å². The first-order chi connectivity index (χ1) is 6.81. The fourth-order valence-electron chi connectivity index (χ4n) is 1.02. The van der Waals surface area contributed by atoms with Gasteiger partial charge in [0.15, 0.2) is 0 Å². The summed E-state index contributed by atoms with van der Waals surface area (Å²) in [4.78, 5) is 7.93. The van der Waals surface area contributed by atoms with Crippen molar-refractivity contribution < 1.29 is 4.74 Å². The van der Waals surface area contributed by atoms with Crippen LogP contribution >= 0.6 is 0 Å². The Morgan fingerprint density at radius 2 is 2.50 bits per heavy atom. The number of rotatable bonds is 4. The molecule has 14 heavy (non-hydrogen) atoms. The Hall–Kier alpha value is -1.64. The van der Waals surface area contributed by atoms with Crippen LogP contribution in [0.3, 0.4) is 0 Å². The molecule has 1 rings (SSSR count). The molecule has 1 heterocycles. The molecule has 0 amide bonds. The minimum atomic E-state index is -0.170. The zero-order valence-corrected chi connectivity index (χ0v) is 7.90. The van der Waals surface area contributed by atoms with Gasteiger partial charge in [-0.3, -0.25) is 11.3 Å². The maximum Gasteiger partial charge on any atom is 0.216 e. The molecular weight excluding hydrogens is 180 g/mol. The molecule has 1 aromatic heterocycles. The molecule has 74 valence electrons. The lowest BCUT2D eigenvalue weighted by Crippen LogP contribution is -2.28. The Kier molecular flexibility index (Phi) is 3.85. The van der Waals surface area contributed by atoms with Crippen LogP contribution in [0, 0.1) is 12.3 Å². The van der Waals surface area contributed by atoms with Crippen molar-refractivity contribution in [3.63, 3.8) is 0 Å². The SMILES string of the molecule is C#CCC(NN)c1cc(OC)ncn1. The number of hydrogen-bond acceptors (Lipinski definition) is 5. The number of terminal acetylenes is 1. The van der Waals surface area contributed by atoms with Gasteiger partial charge in [0.1, 0.15) is 6.33 Å². The van der Waals surface area contributed by atoms with Gasteiger partial charge in [0.25, 0.3) is 0 Å². The standard InChI is InChI=1S/C9H12N4O/c1-3-4-7(13-10)8-5-9(14-2)12-6-11-8/h1,5-7,13H,4,10H2,2H3. The maximum absolute atomic E-state index is 5.34. The van der Waals surface area contributed by atoms with Crippen molar-refractivity contribution >= 4 is 0 Å². The summed E-state index contributed by atoms with van der Waals surface area (Å²) in [7, 11) is 1.54. The van der Waals surface area contributed by atoms with E-state index in [1.807, 2.05) is 0 Å². The number of hydrazine groups is 1. The smallest absolute Gasteiger partial charge is 0.216 e. The highest BCUT2D eigenvalue weighted by molar-refractivity contribution is 5.17. The molecule has 0 aromatic carbocycles. The summed E-state index contributed by atoms with van der Waals surface area (Å²) < 4.78 is 4.96. The van der Waals surface area contributed by atoms with Gasteiger partial charge >= 0.3 is 0 Å². The number of methoxy groups -OCH3 is 1. The lowest BCUT2D eigenvalue weighted by Gasteiger charge is -2.12. The molecule has 1 atom stereocenters. The van der Waals surface area contributed by atoms with Crippen molar-refractivity contribution in [2.75, 3.05) is 7.11 Å². The molecule has 5 heteroatoms. The molecule has 1 unspecified atom stereocenters. The fourth-order valence-corrected chi connectivity index (χ4v) is 1.02. The molecular formula is C9H12N4O. The zero-order valence-electron chi connectivity index (χ0n) is 7.90. The number of hydrogen-bond donors (Lipinski definition) is 2. The van der Waals surface area contributed by atoms with E-state index in [0.29, 0.717) is 12.3 Å². The summed E-state index contributed by atoms with van der Waals surface area (Å²) in [5, 5.41) is 0. The highest BCUT2D eigenvalue weighted by Gasteiger charge is 2.10. The van der Waals surface area contributed by atoms with Gasteiger partial charge in [-0.15, -0.1) is 12.3 Å². The van der Waals surface area contributed by atoms with Crippen LogP contribution in [-0.4, -0.2) is 17.1 Å². The van der Waals surface area contributed by atoms with Crippen LogP contribution in [0.25, 0.3) is 0 Å². The fraction of sp³-hybridized carbons (Fsp3) is 0.333. The molecule has 0 aliphatic heterocycles. The van der Waals surface area contributed by atoms with Crippen molar-refractivity contribution in [1.82, 2.24) is 15.4 Å². The number of nitrogens with zero attached hydrogens (tertiary/aromatic N) is 2. The lowest BCUT2D eigenvalue weighted by atomic mass is 10.1. The monoisotopic (exact) mass is 192 g/mol. The van der Waals surface area contributed by atoms with Gasteiger partial charge in [-0.1, -0.05) is 0 Å². The minimum Gasteiger partial charge on any atom is -0.481 e. The van der Waals surface area contributed by atoms with Gasteiger partial charge in [0, 0.05) is 12.5 Å². The third-order valence-electron chi connectivity index (χ3n) is 1.75. The molecule has 0 aliphatic carbocycles. The van der Waals surface area contributed by atoms with E-state index in [1.165, 1.54) is 13.4 Å². The predicted molar refractivity (Wildman–Crippen MR) is 52.1 cm³/mol. The summed E-state index contributed by atoms with van der Waals surface area (Å²) in [6, 6.07) is 1.53. The van der Waals surface area contributed by atoms with Crippen LogP contribution in [0.4, 0.5) is 0 Å². The third-order valence-corrected chi connectivity index (χ3v) is 1.75. The Labute approximate surface area is 82.7 Å². The Morgan fingerprint density at radius 3 is 3.07 bits per heavy atom. The van der Waals surface area contributed by atoms with Gasteiger partial charge in [-0.05, 0) is 0 Å². The molecule has 0 aliphatic rings. The molecule has 0 bridgehead atoms. The van der Waals surface area contributed by atoms with Crippen LogP contribution in [0.1, 0.15) is 18.2 Å². The molecule has 0 saturated carbocycles. The molecule has 0 saturated heterocycles. The lowest BCUT2D eigenvalue weighted by molar-refractivity contribution is 0.394. The second-order valence-electron chi connectivity index (χ2n) is 2.61. The van der Waals surface area contributed by atoms with Gasteiger partial charge in [0.05, 0.1) is 18.8 Å². The highest BCUT2D eigenvalue weighted by atomic mass is 16.5.